The lowest BCUT2D eigenvalue weighted by Crippen LogP contribution is -2.27. The normalized spacial score (nSPS) is 12.8. The van der Waals surface area contributed by atoms with Crippen LogP contribution in [0.3, 0.4) is 0 Å². The Morgan fingerprint density at radius 2 is 1.86 bits per heavy atom. The number of nitrogens with zero attached hydrogens (tertiary/aromatic N) is 3. The van der Waals surface area contributed by atoms with E-state index in [2.05, 4.69) is 29.1 Å². The summed E-state index contributed by atoms with van der Waals surface area (Å²) in [5, 5.41) is 11.3. The molecule has 0 amide bonds. The molecule has 14 heavy (non-hydrogen) atoms. The fourth-order valence-corrected chi connectivity index (χ4v) is 1.12. The molecule has 0 aliphatic rings. The topological polar surface area (TPSA) is 65.1 Å². The molecule has 0 aliphatic heterocycles. The molecule has 84 valence electrons. The van der Waals surface area contributed by atoms with Crippen LogP contribution in [0, 0.1) is 0 Å². The van der Waals surface area contributed by atoms with Crippen LogP contribution in [0.4, 0.5) is 0 Å². The van der Waals surface area contributed by atoms with E-state index in [0.29, 0.717) is 12.3 Å². The molecule has 0 spiro atoms. The Bertz CT molecular complexity index is 170. The van der Waals surface area contributed by atoms with Gasteiger partial charge in [-0.25, -0.2) is 0 Å². The Kier molecular flexibility index (Phi) is 7.14. The van der Waals surface area contributed by atoms with Crippen molar-refractivity contribution in [3.8, 4) is 0 Å². The van der Waals surface area contributed by atoms with Crippen molar-refractivity contribution < 1.29 is 5.21 Å². The summed E-state index contributed by atoms with van der Waals surface area (Å²) in [5.74, 6) is 0.296. The second-order valence-corrected chi connectivity index (χ2v) is 3.80. The van der Waals surface area contributed by atoms with E-state index in [1.165, 1.54) is 0 Å². The van der Waals surface area contributed by atoms with Gasteiger partial charge in [-0.15, -0.1) is 0 Å². The van der Waals surface area contributed by atoms with Crippen molar-refractivity contribution in [1.82, 2.24) is 9.80 Å². The number of amidine groups is 1. The summed E-state index contributed by atoms with van der Waals surface area (Å²) in [4.78, 5) is 4.35. The summed E-state index contributed by atoms with van der Waals surface area (Å²) < 4.78 is 0. The molecule has 0 aliphatic carbocycles. The van der Waals surface area contributed by atoms with Gasteiger partial charge in [0.2, 0.25) is 0 Å². The van der Waals surface area contributed by atoms with Crippen LogP contribution in [0.1, 0.15) is 12.8 Å². The summed E-state index contributed by atoms with van der Waals surface area (Å²) in [5.41, 5.74) is 5.36. The molecular formula is C9H22N4O. The number of nitrogens with two attached hydrogens (primary N) is 1. The zero-order chi connectivity index (χ0) is 11.0. The standard InChI is InChI=1S/C9H22N4O/c1-12(2)6-4-7-13(3)8-5-9(10)11-14/h14H,4-8H2,1-3H3,(H2,10,11). The van der Waals surface area contributed by atoms with Crippen LogP contribution in [0.2, 0.25) is 0 Å². The zero-order valence-electron chi connectivity index (χ0n) is 9.40. The van der Waals surface area contributed by atoms with Crippen LogP contribution in [0.5, 0.6) is 0 Å². The van der Waals surface area contributed by atoms with Crippen LogP contribution < -0.4 is 5.73 Å². The molecule has 0 radical (unpaired) electrons. The zero-order valence-corrected chi connectivity index (χ0v) is 9.40. The van der Waals surface area contributed by atoms with Crippen LogP contribution in [-0.4, -0.2) is 61.6 Å². The second kappa shape index (κ2) is 7.58. The first kappa shape index (κ1) is 13.2. The molecule has 0 aromatic heterocycles. The molecule has 5 nitrogen and oxygen atoms in total. The van der Waals surface area contributed by atoms with Gasteiger partial charge in [0.1, 0.15) is 5.84 Å². The van der Waals surface area contributed by atoms with Gasteiger partial charge in [0.25, 0.3) is 0 Å². The highest BCUT2D eigenvalue weighted by Gasteiger charge is 2.00. The fourth-order valence-electron chi connectivity index (χ4n) is 1.12. The van der Waals surface area contributed by atoms with E-state index < -0.39 is 0 Å². The first-order valence-corrected chi connectivity index (χ1v) is 4.86. The third-order valence-corrected chi connectivity index (χ3v) is 2.02. The van der Waals surface area contributed by atoms with Crippen molar-refractivity contribution in [2.75, 3.05) is 40.8 Å². The number of oxime groups is 1. The Morgan fingerprint density at radius 3 is 2.36 bits per heavy atom. The quantitative estimate of drug-likeness (QED) is 0.264. The average Bonchev–Trinajstić information content (AvgIpc) is 2.13. The molecular weight excluding hydrogens is 180 g/mol. The van der Waals surface area contributed by atoms with E-state index in [9.17, 15) is 0 Å². The first-order chi connectivity index (χ1) is 6.56. The Hall–Kier alpha value is -0.810. The molecule has 0 aromatic rings. The SMILES string of the molecule is CN(C)CCCN(C)CCC(N)=NO. The fraction of sp³-hybridized carbons (Fsp3) is 0.889. The molecule has 0 atom stereocenters. The van der Waals surface area contributed by atoms with Crippen molar-refractivity contribution in [2.45, 2.75) is 12.8 Å². The van der Waals surface area contributed by atoms with Gasteiger partial charge >= 0.3 is 0 Å². The maximum absolute atomic E-state index is 8.33. The molecule has 0 rings (SSSR count). The van der Waals surface area contributed by atoms with Crippen LogP contribution >= 0.6 is 0 Å². The van der Waals surface area contributed by atoms with Crippen molar-refractivity contribution >= 4 is 5.84 Å². The number of hydrogen-bond acceptors (Lipinski definition) is 4. The maximum atomic E-state index is 8.33. The molecule has 0 fully saturated rings. The minimum atomic E-state index is 0.296. The van der Waals surface area contributed by atoms with Gasteiger partial charge in [0.05, 0.1) is 0 Å². The van der Waals surface area contributed by atoms with E-state index in [1.54, 1.807) is 0 Å². The molecule has 0 bridgehead atoms. The van der Waals surface area contributed by atoms with Crippen molar-refractivity contribution in [3.63, 3.8) is 0 Å². The minimum Gasteiger partial charge on any atom is -0.409 e. The lowest BCUT2D eigenvalue weighted by molar-refractivity contribution is 0.299. The lowest BCUT2D eigenvalue weighted by Gasteiger charge is -2.17. The van der Waals surface area contributed by atoms with Gasteiger partial charge < -0.3 is 20.7 Å². The average molecular weight is 202 g/mol. The Morgan fingerprint density at radius 1 is 1.21 bits per heavy atom. The number of hydrogen-bond donors (Lipinski definition) is 2. The highest BCUT2D eigenvalue weighted by molar-refractivity contribution is 5.79. The Balaban J connectivity index is 3.41. The summed E-state index contributed by atoms with van der Waals surface area (Å²) in [6, 6.07) is 0. The third kappa shape index (κ3) is 7.82. The summed E-state index contributed by atoms with van der Waals surface area (Å²) in [7, 11) is 6.17. The van der Waals surface area contributed by atoms with Gasteiger partial charge in [-0.2, -0.15) is 0 Å². The molecule has 0 heterocycles. The predicted molar refractivity (Wildman–Crippen MR) is 58.7 cm³/mol. The van der Waals surface area contributed by atoms with E-state index in [1.807, 2.05) is 7.05 Å². The second-order valence-electron chi connectivity index (χ2n) is 3.80. The van der Waals surface area contributed by atoms with Gasteiger partial charge in [0.15, 0.2) is 0 Å². The maximum Gasteiger partial charge on any atom is 0.140 e. The third-order valence-electron chi connectivity index (χ3n) is 2.02. The summed E-state index contributed by atoms with van der Waals surface area (Å²) >= 11 is 0. The molecule has 0 aromatic carbocycles. The van der Waals surface area contributed by atoms with Crippen LogP contribution in [-0.2, 0) is 0 Å². The van der Waals surface area contributed by atoms with Gasteiger partial charge in [-0.3, -0.25) is 0 Å². The van der Waals surface area contributed by atoms with E-state index >= 15 is 0 Å². The summed E-state index contributed by atoms with van der Waals surface area (Å²) in [6.07, 6.45) is 1.76. The highest BCUT2D eigenvalue weighted by atomic mass is 16.4. The molecule has 0 saturated heterocycles. The smallest absolute Gasteiger partial charge is 0.140 e. The minimum absolute atomic E-state index is 0.296. The Labute approximate surface area is 86.2 Å². The summed E-state index contributed by atoms with van der Waals surface area (Å²) in [6.45, 7) is 2.97. The largest absolute Gasteiger partial charge is 0.409 e. The molecule has 5 heteroatoms. The van der Waals surface area contributed by atoms with Crippen LogP contribution in [0.25, 0.3) is 0 Å². The molecule has 0 unspecified atom stereocenters. The van der Waals surface area contributed by atoms with Gasteiger partial charge in [-0.05, 0) is 40.7 Å². The highest BCUT2D eigenvalue weighted by Crippen LogP contribution is 1.91. The molecule has 3 N–H and O–H groups in total. The van der Waals surface area contributed by atoms with E-state index in [0.717, 1.165) is 26.1 Å². The van der Waals surface area contributed by atoms with Gasteiger partial charge in [-0.1, -0.05) is 5.16 Å². The van der Waals surface area contributed by atoms with Gasteiger partial charge in [0, 0.05) is 13.0 Å². The predicted octanol–water partition coefficient (Wildman–Crippen LogP) is 0.00640. The molecule has 0 saturated carbocycles. The van der Waals surface area contributed by atoms with Crippen molar-refractivity contribution in [1.29, 1.82) is 0 Å². The monoisotopic (exact) mass is 202 g/mol. The first-order valence-electron chi connectivity index (χ1n) is 4.86. The lowest BCUT2D eigenvalue weighted by atomic mass is 10.3. The number of rotatable bonds is 7. The van der Waals surface area contributed by atoms with E-state index in [4.69, 9.17) is 10.9 Å². The van der Waals surface area contributed by atoms with Crippen LogP contribution in [0.15, 0.2) is 5.16 Å². The van der Waals surface area contributed by atoms with Crippen molar-refractivity contribution in [2.24, 2.45) is 10.9 Å². The van der Waals surface area contributed by atoms with Crippen molar-refractivity contribution in [3.05, 3.63) is 0 Å². The van der Waals surface area contributed by atoms with E-state index in [-0.39, 0.29) is 0 Å².